The second-order valence-electron chi connectivity index (χ2n) is 7.53. The number of ketones is 1. The number of halogens is 3. The molecule has 2 heterocycles. The number of imide groups is 1. The van der Waals surface area contributed by atoms with E-state index in [1.165, 1.54) is 42.5 Å². The third-order valence-electron chi connectivity index (χ3n) is 5.63. The van der Waals surface area contributed by atoms with Crippen LogP contribution in [0, 0.1) is 17.6 Å². The first-order chi connectivity index (χ1) is 13.9. The third kappa shape index (κ3) is 4.27. The van der Waals surface area contributed by atoms with Crippen molar-refractivity contribution < 1.29 is 23.2 Å². The van der Waals surface area contributed by atoms with Crippen LogP contribution in [0.25, 0.3) is 0 Å². The number of carbonyl (C=O) groups is 3. The standard InChI is InChI=1S/C22H20F2N2O3.ClH/c23-16-6-4-15(5-7-16)19(27)13-25-10-8-14(9-11-25)12-26-21(28)17-2-1-3-18(24)20(17)22(26)29;/h1-7,14H,8-13H2;1H. The number of amides is 2. The predicted octanol–water partition coefficient (Wildman–Crippen LogP) is 3.58. The Morgan fingerprint density at radius 3 is 2.27 bits per heavy atom. The molecular formula is C22H21ClF2N2O3. The highest BCUT2D eigenvalue weighted by molar-refractivity contribution is 6.21. The van der Waals surface area contributed by atoms with Crippen LogP contribution in [-0.4, -0.2) is 53.6 Å². The summed E-state index contributed by atoms with van der Waals surface area (Å²) in [5.41, 5.74) is 0.457. The number of hydrogen-bond acceptors (Lipinski definition) is 4. The minimum Gasteiger partial charge on any atom is -0.296 e. The average Bonchev–Trinajstić information content (AvgIpc) is 2.95. The molecule has 30 heavy (non-hydrogen) atoms. The number of piperidine rings is 1. The summed E-state index contributed by atoms with van der Waals surface area (Å²) in [6, 6.07) is 9.58. The van der Waals surface area contributed by atoms with E-state index in [0.29, 0.717) is 18.7 Å². The molecule has 0 aliphatic carbocycles. The van der Waals surface area contributed by atoms with Crippen LogP contribution in [0.15, 0.2) is 42.5 Å². The van der Waals surface area contributed by atoms with E-state index in [0.717, 1.165) is 17.7 Å². The second-order valence-corrected chi connectivity index (χ2v) is 7.53. The molecule has 8 heteroatoms. The van der Waals surface area contributed by atoms with Crippen molar-refractivity contribution in [1.29, 1.82) is 0 Å². The molecule has 0 atom stereocenters. The van der Waals surface area contributed by atoms with Gasteiger partial charge in [-0.15, -0.1) is 12.4 Å². The summed E-state index contributed by atoms with van der Waals surface area (Å²) in [6.45, 7) is 1.83. The number of carbonyl (C=O) groups excluding carboxylic acids is 3. The predicted molar refractivity (Wildman–Crippen MR) is 109 cm³/mol. The molecule has 2 aromatic rings. The summed E-state index contributed by atoms with van der Waals surface area (Å²) in [7, 11) is 0. The fourth-order valence-corrected chi connectivity index (χ4v) is 3.97. The summed E-state index contributed by atoms with van der Waals surface area (Å²) < 4.78 is 26.9. The van der Waals surface area contributed by atoms with Gasteiger partial charge >= 0.3 is 0 Å². The van der Waals surface area contributed by atoms with Crippen LogP contribution in [0.1, 0.15) is 43.9 Å². The van der Waals surface area contributed by atoms with Crippen molar-refractivity contribution in [2.45, 2.75) is 12.8 Å². The molecule has 2 aliphatic heterocycles. The van der Waals surface area contributed by atoms with Gasteiger partial charge in [-0.25, -0.2) is 8.78 Å². The highest BCUT2D eigenvalue weighted by Crippen LogP contribution is 2.28. The van der Waals surface area contributed by atoms with E-state index in [-0.39, 0.29) is 54.1 Å². The summed E-state index contributed by atoms with van der Waals surface area (Å²) in [6.07, 6.45) is 1.46. The first kappa shape index (κ1) is 22.1. The molecule has 2 aromatic carbocycles. The van der Waals surface area contributed by atoms with Gasteiger partial charge in [-0.2, -0.15) is 0 Å². The van der Waals surface area contributed by atoms with E-state index in [1.807, 2.05) is 4.90 Å². The number of nitrogens with zero attached hydrogens (tertiary/aromatic N) is 2. The zero-order valence-electron chi connectivity index (χ0n) is 16.1. The molecule has 0 unspecified atom stereocenters. The lowest BCUT2D eigenvalue weighted by Crippen LogP contribution is -2.42. The van der Waals surface area contributed by atoms with E-state index in [9.17, 15) is 23.2 Å². The number of rotatable bonds is 5. The van der Waals surface area contributed by atoms with E-state index in [2.05, 4.69) is 0 Å². The van der Waals surface area contributed by atoms with Gasteiger partial charge in [0.1, 0.15) is 11.6 Å². The first-order valence-corrected chi connectivity index (χ1v) is 9.60. The maximum Gasteiger partial charge on any atom is 0.264 e. The molecule has 1 fully saturated rings. The van der Waals surface area contributed by atoms with E-state index in [4.69, 9.17) is 0 Å². The van der Waals surface area contributed by atoms with Crippen LogP contribution in [0.5, 0.6) is 0 Å². The van der Waals surface area contributed by atoms with Gasteiger partial charge in [-0.3, -0.25) is 24.2 Å². The number of likely N-dealkylation sites (tertiary alicyclic amines) is 1. The van der Waals surface area contributed by atoms with E-state index < -0.39 is 17.6 Å². The Morgan fingerprint density at radius 2 is 1.63 bits per heavy atom. The maximum atomic E-state index is 13.9. The van der Waals surface area contributed by atoms with Crippen molar-refractivity contribution in [2.75, 3.05) is 26.2 Å². The van der Waals surface area contributed by atoms with Gasteiger partial charge in [0, 0.05) is 12.1 Å². The Balaban J connectivity index is 0.00000256. The van der Waals surface area contributed by atoms with Crippen molar-refractivity contribution in [3.8, 4) is 0 Å². The average molecular weight is 435 g/mol. The van der Waals surface area contributed by atoms with Crippen LogP contribution < -0.4 is 0 Å². The molecular weight excluding hydrogens is 414 g/mol. The number of hydrogen-bond donors (Lipinski definition) is 0. The van der Waals surface area contributed by atoms with Crippen LogP contribution in [0.4, 0.5) is 8.78 Å². The SMILES string of the molecule is Cl.O=C(CN1CCC(CN2C(=O)c3cccc(F)c3C2=O)CC1)c1ccc(F)cc1. The molecule has 0 radical (unpaired) electrons. The van der Waals surface area contributed by atoms with Crippen molar-refractivity contribution in [3.63, 3.8) is 0 Å². The van der Waals surface area contributed by atoms with Crippen molar-refractivity contribution >= 4 is 30.0 Å². The normalized spacial score (nSPS) is 17.1. The summed E-state index contributed by atoms with van der Waals surface area (Å²) >= 11 is 0. The smallest absolute Gasteiger partial charge is 0.264 e. The van der Waals surface area contributed by atoms with Crippen molar-refractivity contribution in [3.05, 3.63) is 70.8 Å². The minimum absolute atomic E-state index is 0. The van der Waals surface area contributed by atoms with Crippen molar-refractivity contribution in [2.24, 2.45) is 5.92 Å². The van der Waals surface area contributed by atoms with Gasteiger partial charge in [0.15, 0.2) is 5.78 Å². The molecule has 2 amide bonds. The Kier molecular flexibility index (Phi) is 6.63. The third-order valence-corrected chi connectivity index (χ3v) is 5.63. The molecule has 158 valence electrons. The van der Waals surface area contributed by atoms with E-state index in [1.54, 1.807) is 0 Å². The van der Waals surface area contributed by atoms with Crippen LogP contribution >= 0.6 is 12.4 Å². The Morgan fingerprint density at radius 1 is 0.967 bits per heavy atom. The molecule has 5 nitrogen and oxygen atoms in total. The maximum absolute atomic E-state index is 13.9. The Bertz CT molecular complexity index is 973. The zero-order valence-corrected chi connectivity index (χ0v) is 17.0. The minimum atomic E-state index is -0.669. The van der Waals surface area contributed by atoms with Gasteiger partial charge in [-0.05, 0) is 68.2 Å². The van der Waals surface area contributed by atoms with Gasteiger partial charge in [0.25, 0.3) is 11.8 Å². The molecule has 2 aliphatic rings. The van der Waals surface area contributed by atoms with Gasteiger partial charge in [0.05, 0.1) is 17.7 Å². The van der Waals surface area contributed by atoms with E-state index >= 15 is 0 Å². The molecule has 0 spiro atoms. The molecule has 0 aromatic heterocycles. The topological polar surface area (TPSA) is 57.7 Å². The van der Waals surface area contributed by atoms with Crippen LogP contribution in [0.3, 0.4) is 0 Å². The lowest BCUT2D eigenvalue weighted by molar-refractivity contribution is 0.0596. The fourth-order valence-electron chi connectivity index (χ4n) is 3.97. The highest BCUT2D eigenvalue weighted by atomic mass is 35.5. The van der Waals surface area contributed by atoms with Gasteiger partial charge in [0.2, 0.25) is 0 Å². The number of benzene rings is 2. The lowest BCUT2D eigenvalue weighted by Gasteiger charge is -2.33. The monoisotopic (exact) mass is 434 g/mol. The summed E-state index contributed by atoms with van der Waals surface area (Å²) in [5, 5.41) is 0. The second kappa shape index (κ2) is 9.02. The lowest BCUT2D eigenvalue weighted by atomic mass is 9.95. The molecule has 4 rings (SSSR count). The Hall–Kier alpha value is -2.64. The summed E-state index contributed by atoms with van der Waals surface area (Å²) in [4.78, 5) is 40.4. The highest BCUT2D eigenvalue weighted by Gasteiger charge is 2.39. The largest absolute Gasteiger partial charge is 0.296 e. The van der Waals surface area contributed by atoms with Crippen molar-refractivity contribution in [1.82, 2.24) is 9.80 Å². The molecule has 0 N–H and O–H groups in total. The Labute approximate surface area is 179 Å². The quantitative estimate of drug-likeness (QED) is 0.533. The zero-order chi connectivity index (χ0) is 20.5. The molecule has 1 saturated heterocycles. The van der Waals surface area contributed by atoms with Crippen LogP contribution in [-0.2, 0) is 0 Å². The first-order valence-electron chi connectivity index (χ1n) is 9.60. The van der Waals surface area contributed by atoms with Gasteiger partial charge in [-0.1, -0.05) is 6.07 Å². The van der Waals surface area contributed by atoms with Gasteiger partial charge < -0.3 is 0 Å². The van der Waals surface area contributed by atoms with Crippen LogP contribution in [0.2, 0.25) is 0 Å². The molecule has 0 saturated carbocycles. The fraction of sp³-hybridized carbons (Fsp3) is 0.318. The number of fused-ring (bicyclic) bond motifs is 1. The number of Topliss-reactive ketones (excluding diaryl/α,β-unsaturated/α-hetero) is 1. The summed E-state index contributed by atoms with van der Waals surface area (Å²) in [5.74, 6) is -2.03. The molecule has 0 bridgehead atoms.